The van der Waals surface area contributed by atoms with Gasteiger partial charge < -0.3 is 8.92 Å². The molecule has 6 nitrogen and oxygen atoms in total. The van der Waals surface area contributed by atoms with Crippen LogP contribution in [-0.2, 0) is 16.7 Å². The van der Waals surface area contributed by atoms with Gasteiger partial charge in [0.1, 0.15) is 17.3 Å². The minimum Gasteiger partial charge on any atom is -0.492 e. The lowest BCUT2D eigenvalue weighted by molar-refractivity contribution is 0.284. The van der Waals surface area contributed by atoms with Gasteiger partial charge in [-0.25, -0.2) is 4.68 Å². The molecule has 4 aromatic rings. The normalized spacial score (nSPS) is 11.5. The van der Waals surface area contributed by atoms with E-state index in [1.165, 1.54) is 10.7 Å². The fourth-order valence-electron chi connectivity index (χ4n) is 3.25. The molecular formula is C23H22N2O4S. The molecule has 0 N–H and O–H groups in total. The lowest BCUT2D eigenvalue weighted by Gasteiger charge is -2.12. The first-order valence-corrected chi connectivity index (χ1v) is 11.0. The summed E-state index contributed by atoms with van der Waals surface area (Å²) in [6.45, 7) is 4.18. The minimum atomic E-state index is -3.96. The fourth-order valence-corrected chi connectivity index (χ4v) is 4.41. The molecule has 7 heteroatoms. The van der Waals surface area contributed by atoms with E-state index in [1.807, 2.05) is 42.5 Å². The highest BCUT2D eigenvalue weighted by Crippen LogP contribution is 2.23. The number of hydrogen-bond donors (Lipinski definition) is 0. The predicted molar refractivity (Wildman–Crippen MR) is 115 cm³/mol. The largest absolute Gasteiger partial charge is 0.492 e. The summed E-state index contributed by atoms with van der Waals surface area (Å²) in [7, 11) is -3.96. The zero-order valence-electron chi connectivity index (χ0n) is 16.8. The number of nitrogens with zero attached hydrogens (tertiary/aromatic N) is 2. The molecule has 0 unspecified atom stereocenters. The van der Waals surface area contributed by atoms with Crippen molar-refractivity contribution in [1.82, 2.24) is 9.78 Å². The van der Waals surface area contributed by atoms with E-state index in [9.17, 15) is 8.42 Å². The van der Waals surface area contributed by atoms with Crippen LogP contribution in [0.1, 0.15) is 11.3 Å². The number of ether oxygens (including phenoxy) is 1. The van der Waals surface area contributed by atoms with Gasteiger partial charge >= 0.3 is 10.1 Å². The molecule has 0 saturated carbocycles. The molecule has 1 heterocycles. The summed E-state index contributed by atoms with van der Waals surface area (Å²) in [6.07, 6.45) is 0. The van der Waals surface area contributed by atoms with Gasteiger partial charge in [0.05, 0.1) is 12.2 Å². The number of aromatic nitrogens is 2. The van der Waals surface area contributed by atoms with Crippen LogP contribution in [0.4, 0.5) is 0 Å². The molecule has 0 saturated heterocycles. The first kappa shape index (κ1) is 20.0. The third kappa shape index (κ3) is 4.31. The quantitative estimate of drug-likeness (QED) is 0.410. The van der Waals surface area contributed by atoms with Crippen LogP contribution in [0, 0.1) is 13.8 Å². The highest BCUT2D eigenvalue weighted by molar-refractivity contribution is 7.87. The molecule has 0 aliphatic rings. The van der Waals surface area contributed by atoms with Crippen molar-refractivity contribution in [2.75, 3.05) is 6.61 Å². The molecule has 0 bridgehead atoms. The summed E-state index contributed by atoms with van der Waals surface area (Å²) in [5, 5.41) is 6.58. The highest BCUT2D eigenvalue weighted by atomic mass is 32.2. The van der Waals surface area contributed by atoms with E-state index < -0.39 is 10.1 Å². The van der Waals surface area contributed by atoms with E-state index in [0.29, 0.717) is 24.4 Å². The summed E-state index contributed by atoms with van der Waals surface area (Å²) >= 11 is 0. The fraction of sp³-hybridized carbons (Fsp3) is 0.174. The maximum atomic E-state index is 12.7. The zero-order valence-corrected chi connectivity index (χ0v) is 17.6. The second kappa shape index (κ2) is 8.20. The standard InChI is InChI=1S/C23H22N2O4S/c1-17-7-3-6-10-22(17)30(26,27)29-23-15-18(2)24-25(23)13-14-28-21-12-11-19-8-4-5-9-20(19)16-21/h3-12,15-16H,13-14H2,1-2H3. The third-order valence-electron chi connectivity index (χ3n) is 4.72. The van der Waals surface area contributed by atoms with Crippen LogP contribution in [0.2, 0.25) is 0 Å². The van der Waals surface area contributed by atoms with Gasteiger partial charge in [0.25, 0.3) is 0 Å². The topological polar surface area (TPSA) is 70.4 Å². The smallest absolute Gasteiger partial charge is 0.340 e. The van der Waals surface area contributed by atoms with Crippen molar-refractivity contribution in [2.24, 2.45) is 0 Å². The van der Waals surface area contributed by atoms with E-state index in [0.717, 1.165) is 16.5 Å². The van der Waals surface area contributed by atoms with Crippen LogP contribution < -0.4 is 8.92 Å². The molecule has 1 aromatic heterocycles. The lowest BCUT2D eigenvalue weighted by atomic mass is 10.1. The van der Waals surface area contributed by atoms with Gasteiger partial charge in [-0.05, 0) is 48.4 Å². The Morgan fingerprint density at radius 3 is 2.43 bits per heavy atom. The molecule has 0 radical (unpaired) electrons. The Balaban J connectivity index is 1.47. The molecule has 154 valence electrons. The summed E-state index contributed by atoms with van der Waals surface area (Å²) < 4.78 is 38.2. The monoisotopic (exact) mass is 422 g/mol. The number of fused-ring (bicyclic) bond motifs is 1. The second-order valence-electron chi connectivity index (χ2n) is 7.01. The molecule has 30 heavy (non-hydrogen) atoms. The van der Waals surface area contributed by atoms with Crippen molar-refractivity contribution >= 4 is 20.9 Å². The van der Waals surface area contributed by atoms with Crippen LogP contribution in [0.3, 0.4) is 0 Å². The molecule has 0 amide bonds. The molecule has 3 aromatic carbocycles. The Kier molecular flexibility index (Phi) is 5.46. The second-order valence-corrected chi connectivity index (χ2v) is 8.52. The maximum absolute atomic E-state index is 12.7. The Labute approximate surface area is 175 Å². The Hall–Kier alpha value is -3.32. The van der Waals surface area contributed by atoms with E-state index in [1.54, 1.807) is 38.1 Å². The summed E-state index contributed by atoms with van der Waals surface area (Å²) in [4.78, 5) is 0.141. The summed E-state index contributed by atoms with van der Waals surface area (Å²) in [5.41, 5.74) is 1.29. The van der Waals surface area contributed by atoms with E-state index in [4.69, 9.17) is 8.92 Å². The van der Waals surface area contributed by atoms with Crippen LogP contribution in [0.25, 0.3) is 10.8 Å². The van der Waals surface area contributed by atoms with Crippen molar-refractivity contribution in [1.29, 1.82) is 0 Å². The van der Waals surface area contributed by atoms with Gasteiger partial charge in [0.15, 0.2) is 0 Å². The zero-order chi connectivity index (χ0) is 21.1. The first-order chi connectivity index (χ1) is 14.4. The average molecular weight is 423 g/mol. The third-order valence-corrected chi connectivity index (χ3v) is 6.10. The van der Waals surface area contributed by atoms with Crippen LogP contribution in [0.5, 0.6) is 11.6 Å². The van der Waals surface area contributed by atoms with Gasteiger partial charge in [0, 0.05) is 6.07 Å². The van der Waals surface area contributed by atoms with Gasteiger partial charge in [-0.15, -0.1) is 0 Å². The number of hydrogen-bond acceptors (Lipinski definition) is 5. The Bertz CT molecular complexity index is 1300. The summed E-state index contributed by atoms with van der Waals surface area (Å²) in [5.74, 6) is 0.908. The van der Waals surface area contributed by atoms with Crippen molar-refractivity contribution in [3.63, 3.8) is 0 Å². The van der Waals surface area contributed by atoms with Crippen molar-refractivity contribution in [3.05, 3.63) is 84.1 Å². The molecule has 4 rings (SSSR count). The van der Waals surface area contributed by atoms with E-state index in [-0.39, 0.29) is 10.8 Å². The number of rotatable bonds is 7. The molecule has 0 atom stereocenters. The van der Waals surface area contributed by atoms with Gasteiger partial charge in [-0.1, -0.05) is 48.5 Å². The van der Waals surface area contributed by atoms with Crippen molar-refractivity contribution < 1.29 is 17.3 Å². The van der Waals surface area contributed by atoms with Gasteiger partial charge in [0.2, 0.25) is 5.88 Å². The summed E-state index contributed by atoms with van der Waals surface area (Å²) in [6, 6.07) is 22.3. The molecule has 0 aliphatic heterocycles. The highest BCUT2D eigenvalue weighted by Gasteiger charge is 2.21. The molecular weight excluding hydrogens is 400 g/mol. The maximum Gasteiger partial charge on any atom is 0.340 e. The van der Waals surface area contributed by atoms with Crippen molar-refractivity contribution in [2.45, 2.75) is 25.3 Å². The van der Waals surface area contributed by atoms with E-state index in [2.05, 4.69) is 5.10 Å². The Morgan fingerprint density at radius 2 is 1.63 bits per heavy atom. The first-order valence-electron chi connectivity index (χ1n) is 9.58. The van der Waals surface area contributed by atoms with Crippen LogP contribution in [-0.4, -0.2) is 24.8 Å². The van der Waals surface area contributed by atoms with Crippen LogP contribution >= 0.6 is 0 Å². The van der Waals surface area contributed by atoms with E-state index >= 15 is 0 Å². The SMILES string of the molecule is Cc1cc(OS(=O)(=O)c2ccccc2C)n(CCOc2ccc3ccccc3c2)n1. The van der Waals surface area contributed by atoms with Gasteiger partial charge in [-0.3, -0.25) is 0 Å². The number of benzene rings is 3. The average Bonchev–Trinajstić information content (AvgIpc) is 3.06. The molecule has 0 spiro atoms. The van der Waals surface area contributed by atoms with Crippen molar-refractivity contribution in [3.8, 4) is 11.6 Å². The minimum absolute atomic E-state index is 0.141. The van der Waals surface area contributed by atoms with Gasteiger partial charge in [-0.2, -0.15) is 13.5 Å². The van der Waals surface area contributed by atoms with Crippen LogP contribution in [0.15, 0.2) is 77.7 Å². The lowest BCUT2D eigenvalue weighted by Crippen LogP contribution is -2.16. The molecule has 0 aliphatic carbocycles. The number of aryl methyl sites for hydroxylation is 2. The Morgan fingerprint density at radius 1 is 0.900 bits per heavy atom. The predicted octanol–water partition coefficient (Wildman–Crippen LogP) is 4.50. The molecule has 0 fully saturated rings.